The van der Waals surface area contributed by atoms with Crippen LogP contribution in [0, 0.1) is 5.41 Å². The minimum absolute atomic E-state index is 0.761. The fourth-order valence-corrected chi connectivity index (χ4v) is 3.78. The van der Waals surface area contributed by atoms with Gasteiger partial charge in [0.2, 0.25) is 0 Å². The van der Waals surface area contributed by atoms with Gasteiger partial charge in [0.25, 0.3) is 0 Å². The van der Waals surface area contributed by atoms with Crippen molar-refractivity contribution in [3.63, 3.8) is 0 Å². The molecule has 0 radical (unpaired) electrons. The van der Waals surface area contributed by atoms with Gasteiger partial charge in [0.05, 0.1) is 0 Å². The molecule has 0 atom stereocenters. The third-order valence-corrected chi connectivity index (χ3v) is 5.69. The maximum Gasteiger partial charge on any atom is -0.0326 e. The molecule has 1 aliphatic carbocycles. The Kier molecular flexibility index (Phi) is 11.4. The highest BCUT2D eigenvalue weighted by Gasteiger charge is 2.30. The van der Waals surface area contributed by atoms with Crippen molar-refractivity contribution < 1.29 is 0 Å². The van der Waals surface area contributed by atoms with Gasteiger partial charge in [-0.25, -0.2) is 0 Å². The topological polar surface area (TPSA) is 0 Å². The average Bonchev–Trinajstić information content (AvgIpc) is 2.46. The first-order valence-electron chi connectivity index (χ1n) is 10.3. The molecule has 0 amide bonds. The molecule has 0 spiro atoms. The van der Waals surface area contributed by atoms with E-state index in [0.717, 1.165) is 5.41 Å². The van der Waals surface area contributed by atoms with E-state index in [9.17, 15) is 0 Å². The van der Waals surface area contributed by atoms with Crippen molar-refractivity contribution in [1.82, 2.24) is 0 Å². The largest absolute Gasteiger partial charge is 0.0654 e. The molecule has 0 aromatic rings. The lowest BCUT2D eigenvalue weighted by molar-refractivity contribution is 0.141. The van der Waals surface area contributed by atoms with Crippen LogP contribution in [0.15, 0.2) is 0 Å². The van der Waals surface area contributed by atoms with E-state index in [1.807, 2.05) is 0 Å². The molecule has 126 valence electrons. The highest BCUT2D eigenvalue weighted by atomic mass is 14.4. The van der Waals surface area contributed by atoms with E-state index in [2.05, 4.69) is 13.8 Å². The van der Waals surface area contributed by atoms with Crippen LogP contribution in [0.4, 0.5) is 0 Å². The Bertz CT molecular complexity index is 214. The van der Waals surface area contributed by atoms with Crippen molar-refractivity contribution in [3.8, 4) is 0 Å². The van der Waals surface area contributed by atoms with Crippen LogP contribution < -0.4 is 0 Å². The van der Waals surface area contributed by atoms with Gasteiger partial charge in [-0.3, -0.25) is 0 Å². The van der Waals surface area contributed by atoms with Crippen LogP contribution in [-0.4, -0.2) is 0 Å². The molecule has 0 unspecified atom stereocenters. The van der Waals surface area contributed by atoms with Gasteiger partial charge in [-0.1, -0.05) is 110 Å². The highest BCUT2D eigenvalue weighted by molar-refractivity contribution is 4.82. The maximum atomic E-state index is 2.50. The van der Waals surface area contributed by atoms with E-state index in [0.29, 0.717) is 0 Å². The minimum Gasteiger partial charge on any atom is -0.0654 e. The molecule has 1 rings (SSSR count). The van der Waals surface area contributed by atoms with E-state index in [4.69, 9.17) is 0 Å². The summed E-state index contributed by atoms with van der Waals surface area (Å²) in [4.78, 5) is 0. The first kappa shape index (κ1) is 19.0. The summed E-state index contributed by atoms with van der Waals surface area (Å²) in [5.74, 6) is 0. The summed E-state index contributed by atoms with van der Waals surface area (Å²) in [7, 11) is 0. The first-order valence-corrected chi connectivity index (χ1v) is 10.3. The van der Waals surface area contributed by atoms with Crippen molar-refractivity contribution in [2.24, 2.45) is 5.41 Å². The van der Waals surface area contributed by atoms with Crippen LogP contribution in [0.25, 0.3) is 0 Å². The van der Waals surface area contributed by atoms with Crippen molar-refractivity contribution >= 4 is 0 Å². The normalized spacial score (nSPS) is 16.9. The molecule has 0 N–H and O–H groups in total. The summed E-state index contributed by atoms with van der Waals surface area (Å²) in [5.41, 5.74) is 0.761. The molecule has 0 aromatic carbocycles. The molecule has 0 bridgehead atoms. The van der Waals surface area contributed by atoms with Gasteiger partial charge in [-0.15, -0.1) is 0 Å². The molecule has 0 saturated heterocycles. The van der Waals surface area contributed by atoms with Crippen molar-refractivity contribution in [1.29, 1.82) is 0 Å². The number of hydrogen-bond donors (Lipinski definition) is 0. The Morgan fingerprint density at radius 3 is 1.29 bits per heavy atom. The molecule has 0 heteroatoms. The number of rotatable bonds is 15. The molecule has 1 aliphatic rings. The summed E-state index contributed by atoms with van der Waals surface area (Å²) >= 11 is 0. The Morgan fingerprint density at radius 2 is 0.952 bits per heavy atom. The lowest BCUT2D eigenvalue weighted by Crippen LogP contribution is -2.24. The van der Waals surface area contributed by atoms with Gasteiger partial charge in [0.1, 0.15) is 0 Å². The van der Waals surface area contributed by atoms with Crippen LogP contribution in [0.5, 0.6) is 0 Å². The molecule has 1 fully saturated rings. The van der Waals surface area contributed by atoms with Gasteiger partial charge >= 0.3 is 0 Å². The summed E-state index contributed by atoms with van der Waals surface area (Å²) < 4.78 is 0. The van der Waals surface area contributed by atoms with Crippen molar-refractivity contribution in [2.45, 2.75) is 129 Å². The van der Waals surface area contributed by atoms with Gasteiger partial charge in [0.15, 0.2) is 0 Å². The Morgan fingerprint density at radius 1 is 0.571 bits per heavy atom. The van der Waals surface area contributed by atoms with E-state index < -0.39 is 0 Å². The lowest BCUT2D eigenvalue weighted by Gasteiger charge is -2.38. The van der Waals surface area contributed by atoms with Crippen LogP contribution in [0.3, 0.4) is 0 Å². The third kappa shape index (κ3) is 10.4. The molecule has 21 heavy (non-hydrogen) atoms. The Labute approximate surface area is 135 Å². The first-order chi connectivity index (χ1) is 10.3. The highest BCUT2D eigenvalue weighted by Crippen LogP contribution is 2.44. The second kappa shape index (κ2) is 12.5. The molecular formula is C21H42. The van der Waals surface area contributed by atoms with Crippen molar-refractivity contribution in [3.05, 3.63) is 0 Å². The van der Waals surface area contributed by atoms with Crippen LogP contribution in [0.2, 0.25) is 0 Å². The van der Waals surface area contributed by atoms with E-state index >= 15 is 0 Å². The fraction of sp³-hybridized carbons (Fsp3) is 1.00. The molecule has 0 nitrogen and oxygen atoms in total. The summed E-state index contributed by atoms with van der Waals surface area (Å²) in [6.45, 7) is 4.80. The fourth-order valence-electron chi connectivity index (χ4n) is 3.78. The average molecular weight is 295 g/mol. The third-order valence-electron chi connectivity index (χ3n) is 5.69. The molecule has 0 aromatic heterocycles. The maximum absolute atomic E-state index is 2.50. The van der Waals surface area contributed by atoms with E-state index in [-0.39, 0.29) is 0 Å². The monoisotopic (exact) mass is 294 g/mol. The smallest absolute Gasteiger partial charge is 0.0326 e. The molecule has 1 saturated carbocycles. The van der Waals surface area contributed by atoms with Gasteiger partial charge in [0, 0.05) is 0 Å². The zero-order valence-electron chi connectivity index (χ0n) is 15.2. The second-order valence-corrected chi connectivity index (χ2v) is 8.01. The number of unbranched alkanes of at least 4 members (excludes halogenated alkanes) is 13. The zero-order chi connectivity index (χ0) is 15.2. The Balaban J connectivity index is 1.67. The van der Waals surface area contributed by atoms with Crippen LogP contribution in [0.1, 0.15) is 129 Å². The van der Waals surface area contributed by atoms with Crippen LogP contribution in [-0.2, 0) is 0 Å². The molecule has 0 aliphatic heterocycles. The minimum atomic E-state index is 0.761. The van der Waals surface area contributed by atoms with E-state index in [1.165, 1.54) is 116 Å². The number of hydrogen-bond acceptors (Lipinski definition) is 0. The lowest BCUT2D eigenvalue weighted by atomic mass is 9.67. The van der Waals surface area contributed by atoms with Crippen LogP contribution >= 0.6 is 0 Å². The quantitative estimate of drug-likeness (QED) is 0.268. The second-order valence-electron chi connectivity index (χ2n) is 8.01. The van der Waals surface area contributed by atoms with Gasteiger partial charge < -0.3 is 0 Å². The van der Waals surface area contributed by atoms with E-state index in [1.54, 1.807) is 0 Å². The molecular weight excluding hydrogens is 252 g/mol. The summed E-state index contributed by atoms with van der Waals surface area (Å²) in [6, 6.07) is 0. The van der Waals surface area contributed by atoms with Gasteiger partial charge in [-0.2, -0.15) is 0 Å². The summed E-state index contributed by atoms with van der Waals surface area (Å²) in [6.07, 6.45) is 26.7. The van der Waals surface area contributed by atoms with Gasteiger partial charge in [-0.05, 0) is 24.7 Å². The predicted molar refractivity (Wildman–Crippen MR) is 96.9 cm³/mol. The van der Waals surface area contributed by atoms with Crippen molar-refractivity contribution in [2.75, 3.05) is 0 Å². The standard InChI is InChI=1S/C21H42/c1-3-4-5-6-7-8-9-10-11-12-13-14-15-16-18-21(2)19-17-20-21/h3-20H2,1-2H3. The summed E-state index contributed by atoms with van der Waals surface area (Å²) in [5, 5.41) is 0. The predicted octanol–water partition coefficient (Wildman–Crippen LogP) is 8.05. The SMILES string of the molecule is CCCCCCCCCCCCCCCCC1(C)CCC1. The Hall–Kier alpha value is 0. The molecule has 0 heterocycles. The zero-order valence-corrected chi connectivity index (χ0v) is 15.2.